The minimum absolute atomic E-state index is 0.120. The molecule has 1 aromatic rings. The fourth-order valence-corrected chi connectivity index (χ4v) is 1.43. The van der Waals surface area contributed by atoms with Crippen LogP contribution in [0.5, 0.6) is 0 Å². The number of nitrogens with one attached hydrogen (secondary N) is 3. The zero-order valence-electron chi connectivity index (χ0n) is 10.5. The zero-order valence-corrected chi connectivity index (χ0v) is 10.5. The highest BCUT2D eigenvalue weighted by Crippen LogP contribution is 2.19. The molecule has 1 aromatic carbocycles. The zero-order chi connectivity index (χ0) is 13.5. The van der Waals surface area contributed by atoms with Gasteiger partial charge in [-0.05, 0) is 25.1 Å². The Kier molecular flexibility index (Phi) is 4.98. The maximum atomic E-state index is 11.5. The van der Waals surface area contributed by atoms with Crippen LogP contribution in [0.1, 0.15) is 17.3 Å². The average Bonchev–Trinajstić information content (AvgIpc) is 2.37. The molecule has 0 bridgehead atoms. The summed E-state index contributed by atoms with van der Waals surface area (Å²) in [7, 11) is 1.56. The number of carbonyl (C=O) groups is 2. The quantitative estimate of drug-likeness (QED) is 0.560. The number of likely N-dealkylation sites (N-methyl/N-ethyl adjacent to an activating group) is 1. The molecule has 1 rings (SSSR count). The van der Waals surface area contributed by atoms with E-state index in [2.05, 4.69) is 16.0 Å². The number of carbonyl (C=O) groups excluding carboxylic acids is 2. The van der Waals surface area contributed by atoms with E-state index in [1.165, 1.54) is 0 Å². The average molecular weight is 250 g/mol. The molecule has 0 aliphatic rings. The van der Waals surface area contributed by atoms with Crippen LogP contribution in [0.15, 0.2) is 18.2 Å². The molecule has 0 saturated heterocycles. The van der Waals surface area contributed by atoms with Gasteiger partial charge in [0.2, 0.25) is 5.91 Å². The summed E-state index contributed by atoms with van der Waals surface area (Å²) in [5, 5.41) is 8.09. The lowest BCUT2D eigenvalue weighted by atomic mass is 10.1. The Hall–Kier alpha value is -2.24. The van der Waals surface area contributed by atoms with Crippen molar-refractivity contribution < 1.29 is 9.59 Å². The molecule has 6 nitrogen and oxygen atoms in total. The molecule has 0 aromatic heterocycles. The smallest absolute Gasteiger partial charge is 0.251 e. The van der Waals surface area contributed by atoms with Crippen molar-refractivity contribution >= 4 is 23.2 Å². The lowest BCUT2D eigenvalue weighted by molar-refractivity contribution is -0.119. The normalized spacial score (nSPS) is 9.67. The van der Waals surface area contributed by atoms with Crippen molar-refractivity contribution in [2.75, 3.05) is 31.2 Å². The van der Waals surface area contributed by atoms with Crippen molar-refractivity contribution in [3.8, 4) is 0 Å². The second-order valence-electron chi connectivity index (χ2n) is 3.69. The van der Waals surface area contributed by atoms with Gasteiger partial charge in [0.25, 0.3) is 5.91 Å². The molecule has 2 amide bonds. The molecule has 0 atom stereocenters. The van der Waals surface area contributed by atoms with Gasteiger partial charge in [0.05, 0.1) is 17.9 Å². The van der Waals surface area contributed by atoms with Crippen molar-refractivity contribution in [1.82, 2.24) is 10.6 Å². The summed E-state index contributed by atoms with van der Waals surface area (Å²) < 4.78 is 0. The number of nitrogens with two attached hydrogens (primary N) is 1. The number of anilines is 2. The third-order valence-corrected chi connectivity index (χ3v) is 2.36. The summed E-state index contributed by atoms with van der Waals surface area (Å²) >= 11 is 0. The lowest BCUT2D eigenvalue weighted by Gasteiger charge is -2.10. The van der Waals surface area contributed by atoms with Gasteiger partial charge in [0.15, 0.2) is 0 Å². The van der Waals surface area contributed by atoms with Gasteiger partial charge in [-0.15, -0.1) is 0 Å². The molecule has 6 heteroatoms. The monoisotopic (exact) mass is 250 g/mol. The molecular weight excluding hydrogens is 232 g/mol. The third-order valence-electron chi connectivity index (χ3n) is 2.36. The minimum atomic E-state index is -0.198. The van der Waals surface area contributed by atoms with Crippen LogP contribution in [0, 0.1) is 0 Å². The van der Waals surface area contributed by atoms with Gasteiger partial charge in [-0.2, -0.15) is 0 Å². The van der Waals surface area contributed by atoms with Gasteiger partial charge in [-0.25, -0.2) is 0 Å². The van der Waals surface area contributed by atoms with Gasteiger partial charge in [-0.3, -0.25) is 9.59 Å². The van der Waals surface area contributed by atoms with E-state index in [1.54, 1.807) is 25.2 Å². The molecule has 0 aliphatic heterocycles. The van der Waals surface area contributed by atoms with Gasteiger partial charge < -0.3 is 21.7 Å². The van der Waals surface area contributed by atoms with Crippen molar-refractivity contribution in [3.05, 3.63) is 23.8 Å². The van der Waals surface area contributed by atoms with E-state index in [9.17, 15) is 9.59 Å². The van der Waals surface area contributed by atoms with E-state index >= 15 is 0 Å². The van der Waals surface area contributed by atoms with E-state index in [0.29, 0.717) is 23.5 Å². The Bertz CT molecular complexity index is 446. The Balaban J connectivity index is 2.75. The van der Waals surface area contributed by atoms with Crippen LogP contribution in [-0.4, -0.2) is 32.0 Å². The number of hydrogen-bond acceptors (Lipinski definition) is 4. The third kappa shape index (κ3) is 3.65. The fraction of sp³-hybridized carbons (Fsp3) is 0.333. The van der Waals surface area contributed by atoms with Crippen LogP contribution in [0.4, 0.5) is 11.4 Å². The number of nitrogen functional groups attached to an aromatic ring is 1. The highest BCUT2D eigenvalue weighted by atomic mass is 16.2. The van der Waals surface area contributed by atoms with Crippen LogP contribution in [0.25, 0.3) is 0 Å². The molecule has 18 heavy (non-hydrogen) atoms. The number of rotatable bonds is 5. The second kappa shape index (κ2) is 6.48. The number of amides is 2. The fourth-order valence-electron chi connectivity index (χ4n) is 1.43. The number of hydrogen-bond donors (Lipinski definition) is 4. The first kappa shape index (κ1) is 13.8. The standard InChI is InChI=1S/C12H18N4O2/c1-3-15-11(17)7-16-10-6-8(12(18)14-2)4-5-9(10)13/h4-6,16H,3,7,13H2,1-2H3,(H,14,18)(H,15,17). The summed E-state index contributed by atoms with van der Waals surface area (Å²) in [4.78, 5) is 22.8. The summed E-state index contributed by atoms with van der Waals surface area (Å²) in [6.07, 6.45) is 0. The minimum Gasteiger partial charge on any atom is -0.397 e. The first-order chi connectivity index (χ1) is 8.58. The Morgan fingerprint density at radius 2 is 2.06 bits per heavy atom. The summed E-state index contributed by atoms with van der Waals surface area (Å²) in [6.45, 7) is 2.54. The highest BCUT2D eigenvalue weighted by Gasteiger charge is 2.07. The first-order valence-corrected chi connectivity index (χ1v) is 5.70. The highest BCUT2D eigenvalue weighted by molar-refractivity contribution is 5.96. The number of benzene rings is 1. The van der Waals surface area contributed by atoms with Crippen molar-refractivity contribution in [2.45, 2.75) is 6.92 Å². The second-order valence-corrected chi connectivity index (χ2v) is 3.69. The Morgan fingerprint density at radius 1 is 1.33 bits per heavy atom. The van der Waals surface area contributed by atoms with E-state index in [4.69, 9.17) is 5.73 Å². The SMILES string of the molecule is CCNC(=O)CNc1cc(C(=O)NC)ccc1N. The topological polar surface area (TPSA) is 96.2 Å². The van der Waals surface area contributed by atoms with Crippen LogP contribution in [0.2, 0.25) is 0 Å². The van der Waals surface area contributed by atoms with E-state index in [0.717, 1.165) is 0 Å². The van der Waals surface area contributed by atoms with Gasteiger partial charge in [0.1, 0.15) is 0 Å². The molecule has 0 saturated carbocycles. The first-order valence-electron chi connectivity index (χ1n) is 5.70. The summed E-state index contributed by atoms with van der Waals surface area (Å²) in [5.41, 5.74) is 7.32. The van der Waals surface area contributed by atoms with E-state index in [1.807, 2.05) is 6.92 Å². The molecule has 0 unspecified atom stereocenters. The molecule has 0 heterocycles. The maximum absolute atomic E-state index is 11.5. The lowest BCUT2D eigenvalue weighted by Crippen LogP contribution is -2.29. The van der Waals surface area contributed by atoms with Gasteiger partial charge in [-0.1, -0.05) is 0 Å². The summed E-state index contributed by atoms with van der Waals surface area (Å²) in [5.74, 6) is -0.321. The summed E-state index contributed by atoms with van der Waals surface area (Å²) in [6, 6.07) is 4.88. The molecule has 98 valence electrons. The predicted octanol–water partition coefficient (Wildman–Crippen LogP) is 0.176. The largest absolute Gasteiger partial charge is 0.397 e. The molecular formula is C12H18N4O2. The van der Waals surface area contributed by atoms with Gasteiger partial charge >= 0.3 is 0 Å². The van der Waals surface area contributed by atoms with E-state index < -0.39 is 0 Å². The molecule has 5 N–H and O–H groups in total. The van der Waals surface area contributed by atoms with Crippen molar-refractivity contribution in [2.24, 2.45) is 0 Å². The maximum Gasteiger partial charge on any atom is 0.251 e. The van der Waals surface area contributed by atoms with Crippen LogP contribution >= 0.6 is 0 Å². The molecule has 0 spiro atoms. The molecule has 0 radical (unpaired) electrons. The Morgan fingerprint density at radius 3 is 2.67 bits per heavy atom. The van der Waals surface area contributed by atoms with Crippen LogP contribution < -0.4 is 21.7 Å². The molecule has 0 aliphatic carbocycles. The van der Waals surface area contributed by atoms with Gasteiger partial charge in [0, 0.05) is 19.2 Å². The predicted molar refractivity (Wildman–Crippen MR) is 71.4 cm³/mol. The van der Waals surface area contributed by atoms with E-state index in [-0.39, 0.29) is 18.4 Å². The van der Waals surface area contributed by atoms with Crippen molar-refractivity contribution in [1.29, 1.82) is 0 Å². The Labute approximate surface area is 106 Å². The van der Waals surface area contributed by atoms with Crippen LogP contribution in [0.3, 0.4) is 0 Å². The van der Waals surface area contributed by atoms with Crippen molar-refractivity contribution in [3.63, 3.8) is 0 Å². The van der Waals surface area contributed by atoms with Crippen LogP contribution in [-0.2, 0) is 4.79 Å². The molecule has 0 fully saturated rings.